The third-order valence-electron chi connectivity index (χ3n) is 5.58. The van der Waals surface area contributed by atoms with Crippen molar-refractivity contribution in [1.29, 1.82) is 0 Å². The predicted octanol–water partition coefficient (Wildman–Crippen LogP) is 6.69. The molecular formula is C25H35N5. The first-order valence-electron chi connectivity index (χ1n) is 11.1. The Hall–Kier alpha value is -2.56. The molecule has 1 aliphatic rings. The molecule has 160 valence electrons. The molecule has 1 aliphatic heterocycles. The summed E-state index contributed by atoms with van der Waals surface area (Å²) in [6.07, 6.45) is 4.71. The van der Waals surface area contributed by atoms with E-state index in [1.165, 1.54) is 22.4 Å². The molecule has 0 aliphatic carbocycles. The highest BCUT2D eigenvalue weighted by Gasteiger charge is 2.21. The third kappa shape index (κ3) is 4.61. The maximum atomic E-state index is 4.60. The molecule has 0 amide bonds. The van der Waals surface area contributed by atoms with Gasteiger partial charge in [0.25, 0.3) is 0 Å². The second-order valence-corrected chi connectivity index (χ2v) is 9.32. The summed E-state index contributed by atoms with van der Waals surface area (Å²) in [5.74, 6) is 3.97. The van der Waals surface area contributed by atoms with E-state index in [2.05, 4.69) is 92.5 Å². The molecule has 0 unspecified atom stereocenters. The summed E-state index contributed by atoms with van der Waals surface area (Å²) in [7, 11) is 0. The van der Waals surface area contributed by atoms with Crippen molar-refractivity contribution >= 4 is 22.7 Å². The molecule has 0 bridgehead atoms. The number of H-pyrrole nitrogens is 1. The minimum Gasteiger partial charge on any atom is -0.340 e. The first kappa shape index (κ1) is 22.1. The monoisotopic (exact) mass is 405 g/mol. The van der Waals surface area contributed by atoms with E-state index >= 15 is 0 Å². The molecule has 3 aromatic rings. The molecule has 0 atom stereocenters. The van der Waals surface area contributed by atoms with Gasteiger partial charge in [0.2, 0.25) is 0 Å². The van der Waals surface area contributed by atoms with Gasteiger partial charge in [-0.25, -0.2) is 19.9 Å². The second-order valence-electron chi connectivity index (χ2n) is 9.32. The second kappa shape index (κ2) is 9.07. The topological polar surface area (TPSA) is 66.8 Å². The van der Waals surface area contributed by atoms with Crippen molar-refractivity contribution in [3.8, 4) is 0 Å². The van der Waals surface area contributed by atoms with E-state index in [1.807, 2.05) is 12.4 Å². The van der Waals surface area contributed by atoms with Crippen LogP contribution in [0.1, 0.15) is 95.7 Å². The molecule has 0 saturated heterocycles. The highest BCUT2D eigenvalue weighted by molar-refractivity contribution is 5.94. The quantitative estimate of drug-likeness (QED) is 0.525. The molecule has 0 aromatic carbocycles. The van der Waals surface area contributed by atoms with Crippen LogP contribution in [0.25, 0.3) is 11.2 Å². The molecule has 3 aromatic heterocycles. The molecule has 0 spiro atoms. The standard InChI is InChI=1S/C13H18N2.C12H17N3/c1-8(2)10-5-6-14-13-11(10)7-12(15-13)9(3)4;1-7(2)9-5-6-13-12-10(9)14-11(15-12)8(3)4/h5-6,8-9H,7H2,1-4H3;5-8H,1-4H3,(H,13,14,15). The summed E-state index contributed by atoms with van der Waals surface area (Å²) in [6, 6.07) is 4.19. The minimum absolute atomic E-state index is 0.416. The highest BCUT2D eigenvalue weighted by atomic mass is 15.0. The zero-order valence-electron chi connectivity index (χ0n) is 19.6. The largest absolute Gasteiger partial charge is 0.340 e. The molecule has 0 saturated carbocycles. The van der Waals surface area contributed by atoms with Crippen molar-refractivity contribution in [2.24, 2.45) is 10.9 Å². The first-order chi connectivity index (χ1) is 14.2. The Morgan fingerprint density at radius 3 is 2.00 bits per heavy atom. The van der Waals surface area contributed by atoms with Gasteiger partial charge in [0.15, 0.2) is 11.5 Å². The number of aromatic amines is 1. The van der Waals surface area contributed by atoms with Crippen molar-refractivity contribution < 1.29 is 0 Å². The fourth-order valence-electron chi connectivity index (χ4n) is 3.71. The Labute approximate surface area is 180 Å². The lowest BCUT2D eigenvalue weighted by atomic mass is 9.94. The molecule has 4 rings (SSSR count). The Morgan fingerprint density at radius 2 is 1.40 bits per heavy atom. The number of aliphatic imine (C=N–C) groups is 1. The zero-order chi connectivity index (χ0) is 22.0. The van der Waals surface area contributed by atoms with Crippen LogP contribution in [0, 0.1) is 5.92 Å². The van der Waals surface area contributed by atoms with E-state index in [0.717, 1.165) is 29.2 Å². The zero-order valence-corrected chi connectivity index (χ0v) is 19.6. The van der Waals surface area contributed by atoms with Crippen molar-refractivity contribution in [2.45, 2.75) is 79.6 Å². The van der Waals surface area contributed by atoms with Crippen LogP contribution >= 0.6 is 0 Å². The maximum Gasteiger partial charge on any atom is 0.177 e. The Morgan fingerprint density at radius 1 is 0.767 bits per heavy atom. The number of fused-ring (bicyclic) bond motifs is 2. The number of hydrogen-bond donors (Lipinski definition) is 1. The van der Waals surface area contributed by atoms with Crippen LogP contribution in [0.4, 0.5) is 5.82 Å². The molecule has 5 heteroatoms. The molecule has 5 nitrogen and oxygen atoms in total. The van der Waals surface area contributed by atoms with Gasteiger partial charge in [-0.1, -0.05) is 55.4 Å². The van der Waals surface area contributed by atoms with E-state index in [0.29, 0.717) is 23.7 Å². The van der Waals surface area contributed by atoms with E-state index in [1.54, 1.807) is 0 Å². The normalized spacial score (nSPS) is 13.3. The van der Waals surface area contributed by atoms with Gasteiger partial charge < -0.3 is 4.98 Å². The lowest BCUT2D eigenvalue weighted by Gasteiger charge is -2.10. The number of nitrogens with one attached hydrogen (secondary N) is 1. The Balaban J connectivity index is 0.000000171. The van der Waals surface area contributed by atoms with Gasteiger partial charge in [-0.2, -0.15) is 0 Å². The van der Waals surface area contributed by atoms with E-state index in [9.17, 15) is 0 Å². The van der Waals surface area contributed by atoms with Crippen molar-refractivity contribution in [3.63, 3.8) is 0 Å². The number of nitrogens with zero attached hydrogens (tertiary/aromatic N) is 4. The number of hydrogen-bond acceptors (Lipinski definition) is 4. The van der Waals surface area contributed by atoms with Gasteiger partial charge in [-0.3, -0.25) is 0 Å². The minimum atomic E-state index is 0.416. The van der Waals surface area contributed by atoms with Crippen LogP contribution in [0.2, 0.25) is 0 Å². The number of rotatable bonds is 4. The van der Waals surface area contributed by atoms with Crippen LogP contribution in [-0.2, 0) is 6.42 Å². The predicted molar refractivity (Wildman–Crippen MR) is 126 cm³/mol. The van der Waals surface area contributed by atoms with E-state index in [-0.39, 0.29) is 0 Å². The first-order valence-corrected chi connectivity index (χ1v) is 11.1. The smallest absolute Gasteiger partial charge is 0.177 e. The fourth-order valence-corrected chi connectivity index (χ4v) is 3.71. The summed E-state index contributed by atoms with van der Waals surface area (Å²) >= 11 is 0. The average molecular weight is 406 g/mol. The highest BCUT2D eigenvalue weighted by Crippen LogP contribution is 2.32. The molecular weight excluding hydrogens is 370 g/mol. The van der Waals surface area contributed by atoms with E-state index < -0.39 is 0 Å². The summed E-state index contributed by atoms with van der Waals surface area (Å²) in [4.78, 5) is 21.1. The van der Waals surface area contributed by atoms with Crippen LogP contribution in [0.15, 0.2) is 29.5 Å². The number of imidazole rings is 1. The van der Waals surface area contributed by atoms with Gasteiger partial charge in [0.1, 0.15) is 5.82 Å². The van der Waals surface area contributed by atoms with Crippen molar-refractivity contribution in [3.05, 3.63) is 47.0 Å². The van der Waals surface area contributed by atoms with Crippen LogP contribution in [-0.4, -0.2) is 25.6 Å². The van der Waals surface area contributed by atoms with Crippen LogP contribution in [0.5, 0.6) is 0 Å². The number of pyridine rings is 2. The van der Waals surface area contributed by atoms with Gasteiger partial charge in [-0.15, -0.1) is 0 Å². The lowest BCUT2D eigenvalue weighted by molar-refractivity contribution is 0.797. The molecule has 0 fully saturated rings. The Kier molecular flexibility index (Phi) is 6.69. The van der Waals surface area contributed by atoms with E-state index in [4.69, 9.17) is 0 Å². The molecule has 1 N–H and O–H groups in total. The third-order valence-corrected chi connectivity index (χ3v) is 5.58. The van der Waals surface area contributed by atoms with Gasteiger partial charge in [-0.05, 0) is 41.0 Å². The van der Waals surface area contributed by atoms with Gasteiger partial charge in [0, 0.05) is 36.0 Å². The Bertz CT molecular complexity index is 1040. The SMILES string of the molecule is CC(C)C1=Nc2nccc(C(C)C)c2C1.CC(C)c1nc2nccc(C(C)C)c2[nH]1. The summed E-state index contributed by atoms with van der Waals surface area (Å²) < 4.78 is 0. The van der Waals surface area contributed by atoms with Gasteiger partial charge in [0.05, 0.1) is 5.52 Å². The van der Waals surface area contributed by atoms with Crippen molar-refractivity contribution in [1.82, 2.24) is 19.9 Å². The van der Waals surface area contributed by atoms with Crippen LogP contribution < -0.4 is 0 Å². The molecule has 4 heterocycles. The lowest BCUT2D eigenvalue weighted by Crippen LogP contribution is -2.07. The van der Waals surface area contributed by atoms with Crippen molar-refractivity contribution in [2.75, 3.05) is 0 Å². The molecule has 0 radical (unpaired) electrons. The average Bonchev–Trinajstić information content (AvgIpc) is 3.32. The summed E-state index contributed by atoms with van der Waals surface area (Å²) in [5.41, 5.74) is 7.24. The number of aromatic nitrogens is 4. The maximum absolute atomic E-state index is 4.60. The van der Waals surface area contributed by atoms with Gasteiger partial charge >= 0.3 is 0 Å². The summed E-state index contributed by atoms with van der Waals surface area (Å²) in [5, 5.41) is 0. The van der Waals surface area contributed by atoms with Crippen LogP contribution in [0.3, 0.4) is 0 Å². The summed E-state index contributed by atoms with van der Waals surface area (Å²) in [6.45, 7) is 17.5. The fraction of sp³-hybridized carbons (Fsp3) is 0.520. The molecule has 30 heavy (non-hydrogen) atoms.